The van der Waals surface area contributed by atoms with Crippen LogP contribution in [0.4, 0.5) is 5.13 Å². The van der Waals surface area contributed by atoms with Gasteiger partial charge in [0, 0.05) is 11.3 Å². The molecule has 2 amide bonds. The van der Waals surface area contributed by atoms with E-state index in [1.807, 2.05) is 36.7 Å². The summed E-state index contributed by atoms with van der Waals surface area (Å²) in [4.78, 5) is 27.5. The molecular formula is C16H15N5O2S. The van der Waals surface area contributed by atoms with Crippen molar-refractivity contribution in [3.63, 3.8) is 0 Å². The minimum atomic E-state index is -0.567. The molecule has 122 valence electrons. The first-order valence-corrected chi connectivity index (χ1v) is 7.96. The van der Waals surface area contributed by atoms with Gasteiger partial charge in [-0.15, -0.1) is 0 Å². The van der Waals surface area contributed by atoms with Gasteiger partial charge in [-0.05, 0) is 44.2 Å². The predicted octanol–water partition coefficient (Wildman–Crippen LogP) is 2.30. The number of hydrogen-bond donors (Lipinski definition) is 2. The van der Waals surface area contributed by atoms with E-state index in [0.29, 0.717) is 15.6 Å². The quantitative estimate of drug-likeness (QED) is 0.760. The van der Waals surface area contributed by atoms with Crippen LogP contribution < -0.4 is 11.1 Å². The van der Waals surface area contributed by atoms with E-state index in [1.165, 1.54) is 6.20 Å². The largest absolute Gasteiger partial charge is 0.365 e. The highest BCUT2D eigenvalue weighted by molar-refractivity contribution is 7.17. The molecule has 0 bridgehead atoms. The molecule has 0 aliphatic rings. The van der Waals surface area contributed by atoms with Crippen LogP contribution in [0.3, 0.4) is 0 Å². The SMILES string of the molecule is Cc1cc(C)n(-c2ccc(C(=O)Nc3ncc(C(N)=O)s3)cc2)n1. The van der Waals surface area contributed by atoms with E-state index in [0.717, 1.165) is 28.4 Å². The summed E-state index contributed by atoms with van der Waals surface area (Å²) in [6.07, 6.45) is 1.34. The Morgan fingerprint density at radius 2 is 1.92 bits per heavy atom. The number of thiazole rings is 1. The van der Waals surface area contributed by atoms with Gasteiger partial charge in [0.2, 0.25) is 0 Å². The number of hydrogen-bond acceptors (Lipinski definition) is 5. The van der Waals surface area contributed by atoms with E-state index in [9.17, 15) is 9.59 Å². The Morgan fingerprint density at radius 1 is 1.21 bits per heavy atom. The fraction of sp³-hybridized carbons (Fsp3) is 0.125. The lowest BCUT2D eigenvalue weighted by atomic mass is 10.2. The molecule has 3 rings (SSSR count). The summed E-state index contributed by atoms with van der Waals surface area (Å²) < 4.78 is 1.82. The fourth-order valence-electron chi connectivity index (χ4n) is 2.26. The highest BCUT2D eigenvalue weighted by Crippen LogP contribution is 2.19. The van der Waals surface area contributed by atoms with Crippen LogP contribution in [0.25, 0.3) is 5.69 Å². The maximum atomic E-state index is 12.2. The lowest BCUT2D eigenvalue weighted by Gasteiger charge is -2.06. The van der Waals surface area contributed by atoms with Crippen LogP contribution in [0.15, 0.2) is 36.5 Å². The molecule has 2 aromatic heterocycles. The Hall–Kier alpha value is -3.00. The van der Waals surface area contributed by atoms with E-state index < -0.39 is 5.91 Å². The van der Waals surface area contributed by atoms with Crippen LogP contribution in [-0.4, -0.2) is 26.6 Å². The van der Waals surface area contributed by atoms with E-state index in [1.54, 1.807) is 12.1 Å². The van der Waals surface area contributed by atoms with Crippen molar-refractivity contribution in [1.82, 2.24) is 14.8 Å². The number of aryl methyl sites for hydroxylation is 2. The molecule has 0 saturated heterocycles. The number of nitrogens with one attached hydrogen (secondary N) is 1. The van der Waals surface area contributed by atoms with Crippen LogP contribution in [0.1, 0.15) is 31.4 Å². The molecular weight excluding hydrogens is 326 g/mol. The van der Waals surface area contributed by atoms with Crippen molar-refractivity contribution in [2.24, 2.45) is 5.73 Å². The van der Waals surface area contributed by atoms with E-state index in [4.69, 9.17) is 5.73 Å². The number of carbonyl (C=O) groups excluding carboxylic acids is 2. The standard InChI is InChI=1S/C16H15N5O2S/c1-9-7-10(2)21(20-9)12-5-3-11(4-6-12)15(23)19-16-18-8-13(24-16)14(17)22/h3-8H,1-2H3,(H2,17,22)(H,18,19,23). The molecule has 0 fully saturated rings. The number of amides is 2. The number of nitrogens with zero attached hydrogens (tertiary/aromatic N) is 3. The van der Waals surface area contributed by atoms with Gasteiger partial charge >= 0.3 is 0 Å². The zero-order valence-corrected chi connectivity index (χ0v) is 13.9. The summed E-state index contributed by atoms with van der Waals surface area (Å²) in [7, 11) is 0. The first-order chi connectivity index (χ1) is 11.4. The van der Waals surface area contributed by atoms with Gasteiger partial charge in [0.15, 0.2) is 5.13 Å². The first-order valence-electron chi connectivity index (χ1n) is 7.15. The predicted molar refractivity (Wildman–Crippen MR) is 91.6 cm³/mol. The van der Waals surface area contributed by atoms with Crippen molar-refractivity contribution in [3.8, 4) is 5.69 Å². The summed E-state index contributed by atoms with van der Waals surface area (Å²) in [5, 5.41) is 7.38. The summed E-state index contributed by atoms with van der Waals surface area (Å²) in [6, 6.07) is 9.06. The third kappa shape index (κ3) is 3.18. The van der Waals surface area contributed by atoms with Crippen molar-refractivity contribution in [2.45, 2.75) is 13.8 Å². The second kappa shape index (κ2) is 6.25. The summed E-state index contributed by atoms with van der Waals surface area (Å²) in [5.41, 5.74) is 8.48. The number of carbonyl (C=O) groups is 2. The van der Waals surface area contributed by atoms with Gasteiger partial charge in [0.1, 0.15) is 4.88 Å². The Labute approximate surface area is 142 Å². The lowest BCUT2D eigenvalue weighted by molar-refractivity contribution is 0.100. The maximum Gasteiger partial charge on any atom is 0.260 e. The molecule has 1 aromatic carbocycles. The molecule has 3 aromatic rings. The highest BCUT2D eigenvalue weighted by atomic mass is 32.1. The Morgan fingerprint density at radius 3 is 2.46 bits per heavy atom. The van der Waals surface area contributed by atoms with Crippen molar-refractivity contribution >= 4 is 28.3 Å². The molecule has 7 nitrogen and oxygen atoms in total. The molecule has 0 atom stereocenters. The Balaban J connectivity index is 1.76. The number of rotatable bonds is 4. The molecule has 0 spiro atoms. The highest BCUT2D eigenvalue weighted by Gasteiger charge is 2.12. The van der Waals surface area contributed by atoms with Gasteiger partial charge in [-0.1, -0.05) is 11.3 Å². The fourth-order valence-corrected chi connectivity index (χ4v) is 2.92. The summed E-state index contributed by atoms with van der Waals surface area (Å²) in [6.45, 7) is 3.90. The molecule has 0 radical (unpaired) electrons. The first kappa shape index (κ1) is 15.9. The van der Waals surface area contributed by atoms with Crippen molar-refractivity contribution in [2.75, 3.05) is 5.32 Å². The summed E-state index contributed by atoms with van der Waals surface area (Å²) in [5.74, 6) is -0.873. The molecule has 24 heavy (non-hydrogen) atoms. The zero-order valence-electron chi connectivity index (χ0n) is 13.1. The van der Waals surface area contributed by atoms with Crippen LogP contribution in [-0.2, 0) is 0 Å². The van der Waals surface area contributed by atoms with Crippen LogP contribution in [0.2, 0.25) is 0 Å². The molecule has 0 unspecified atom stereocenters. The van der Waals surface area contributed by atoms with Crippen LogP contribution >= 0.6 is 11.3 Å². The van der Waals surface area contributed by atoms with Crippen LogP contribution in [0.5, 0.6) is 0 Å². The van der Waals surface area contributed by atoms with Gasteiger partial charge in [0.25, 0.3) is 11.8 Å². The Bertz CT molecular complexity index is 911. The number of nitrogens with two attached hydrogens (primary N) is 1. The minimum Gasteiger partial charge on any atom is -0.365 e. The van der Waals surface area contributed by atoms with Crippen LogP contribution in [0, 0.1) is 13.8 Å². The lowest BCUT2D eigenvalue weighted by Crippen LogP contribution is -2.12. The smallest absolute Gasteiger partial charge is 0.260 e. The van der Waals surface area contributed by atoms with E-state index in [2.05, 4.69) is 15.4 Å². The number of benzene rings is 1. The third-order valence-electron chi connectivity index (χ3n) is 3.35. The molecule has 0 aliphatic carbocycles. The average molecular weight is 341 g/mol. The van der Waals surface area contributed by atoms with Crippen molar-refractivity contribution in [3.05, 3.63) is 58.4 Å². The molecule has 3 N–H and O–H groups in total. The van der Waals surface area contributed by atoms with Gasteiger partial charge in [-0.2, -0.15) is 5.10 Å². The monoisotopic (exact) mass is 341 g/mol. The second-order valence-corrected chi connectivity index (χ2v) is 6.26. The molecule has 2 heterocycles. The average Bonchev–Trinajstić information content (AvgIpc) is 3.14. The van der Waals surface area contributed by atoms with E-state index in [-0.39, 0.29) is 5.91 Å². The van der Waals surface area contributed by atoms with Crippen molar-refractivity contribution < 1.29 is 9.59 Å². The maximum absolute atomic E-state index is 12.2. The number of primary amides is 1. The molecule has 0 saturated carbocycles. The normalized spacial score (nSPS) is 10.6. The number of aromatic nitrogens is 3. The zero-order chi connectivity index (χ0) is 17.3. The van der Waals surface area contributed by atoms with Gasteiger partial charge in [-0.25, -0.2) is 9.67 Å². The van der Waals surface area contributed by atoms with Gasteiger partial charge in [-0.3, -0.25) is 14.9 Å². The van der Waals surface area contributed by atoms with Gasteiger partial charge < -0.3 is 5.73 Å². The minimum absolute atomic E-state index is 0.296. The molecule has 8 heteroatoms. The Kier molecular flexibility index (Phi) is 4.13. The molecule has 0 aliphatic heterocycles. The third-order valence-corrected chi connectivity index (χ3v) is 4.28. The van der Waals surface area contributed by atoms with Gasteiger partial charge in [0.05, 0.1) is 17.6 Å². The van der Waals surface area contributed by atoms with E-state index >= 15 is 0 Å². The second-order valence-electron chi connectivity index (χ2n) is 5.23. The summed E-state index contributed by atoms with van der Waals surface area (Å²) >= 11 is 1.04. The topological polar surface area (TPSA) is 103 Å². The number of anilines is 1. The van der Waals surface area contributed by atoms with Crippen molar-refractivity contribution in [1.29, 1.82) is 0 Å².